The minimum absolute atomic E-state index is 0.148. The predicted molar refractivity (Wildman–Crippen MR) is 95.8 cm³/mol. The number of rotatable bonds is 3. The Bertz CT molecular complexity index is 786. The van der Waals surface area contributed by atoms with Crippen LogP contribution in [0.25, 0.3) is 0 Å². The molecule has 0 bridgehead atoms. The van der Waals surface area contributed by atoms with E-state index in [9.17, 15) is 9.18 Å². The molecule has 0 aliphatic carbocycles. The van der Waals surface area contributed by atoms with Gasteiger partial charge < -0.3 is 10.6 Å². The van der Waals surface area contributed by atoms with Crippen molar-refractivity contribution in [3.05, 3.63) is 58.9 Å². The van der Waals surface area contributed by atoms with Crippen molar-refractivity contribution in [2.75, 3.05) is 17.2 Å². The molecule has 4 N–H and O–H groups in total. The van der Waals surface area contributed by atoms with E-state index in [1.807, 2.05) is 31.2 Å². The van der Waals surface area contributed by atoms with Crippen LogP contribution in [0, 0.1) is 12.7 Å². The summed E-state index contributed by atoms with van der Waals surface area (Å²) in [5.74, 6) is -0.408. The first-order valence-electron chi connectivity index (χ1n) is 8.55. The molecule has 2 aliphatic rings. The van der Waals surface area contributed by atoms with Crippen LogP contribution in [0.4, 0.5) is 15.8 Å². The Kier molecular flexibility index (Phi) is 4.15. The van der Waals surface area contributed by atoms with E-state index in [1.54, 1.807) is 6.07 Å². The van der Waals surface area contributed by atoms with Crippen LogP contribution in [0.3, 0.4) is 0 Å². The number of aryl methyl sites for hydroxylation is 1. The summed E-state index contributed by atoms with van der Waals surface area (Å²) in [4.78, 5) is 12.6. The van der Waals surface area contributed by atoms with Gasteiger partial charge in [-0.15, -0.1) is 0 Å². The van der Waals surface area contributed by atoms with Crippen molar-refractivity contribution in [1.29, 1.82) is 0 Å². The van der Waals surface area contributed by atoms with Gasteiger partial charge in [0.2, 0.25) is 5.91 Å². The van der Waals surface area contributed by atoms with Crippen LogP contribution in [0.15, 0.2) is 36.4 Å². The third-order valence-corrected chi connectivity index (χ3v) is 4.90. The highest BCUT2D eigenvalue weighted by molar-refractivity contribution is 5.98. The number of benzene rings is 2. The maximum atomic E-state index is 14.0. The highest BCUT2D eigenvalue weighted by Crippen LogP contribution is 2.32. The Balaban J connectivity index is 1.47. The van der Waals surface area contributed by atoms with Crippen molar-refractivity contribution in [2.24, 2.45) is 0 Å². The standard InChI is InChI=1S/C19H21FN4O/c1-11-5-6-15(20)14-10-17(23-18(11)14)19(25)22-13-4-2-3-12(9-13)16-7-8-21-24-16/h2-6,9,16-17,21,23-24H,7-8,10H2,1H3,(H,22,25). The van der Waals surface area contributed by atoms with Gasteiger partial charge >= 0.3 is 0 Å². The van der Waals surface area contributed by atoms with Crippen LogP contribution in [-0.2, 0) is 11.2 Å². The number of carbonyl (C=O) groups is 1. The molecule has 4 rings (SSSR count). The minimum Gasteiger partial charge on any atom is -0.373 e. The number of hydrogen-bond donors (Lipinski definition) is 4. The molecule has 2 aromatic carbocycles. The fourth-order valence-electron chi connectivity index (χ4n) is 3.52. The van der Waals surface area contributed by atoms with Gasteiger partial charge in [-0.1, -0.05) is 18.2 Å². The molecule has 1 saturated heterocycles. The molecule has 2 aromatic rings. The normalized spacial score (nSPS) is 21.7. The minimum atomic E-state index is -0.458. The van der Waals surface area contributed by atoms with E-state index >= 15 is 0 Å². The zero-order valence-electron chi connectivity index (χ0n) is 14.0. The molecule has 1 fully saturated rings. The van der Waals surface area contributed by atoms with Gasteiger partial charge in [0.05, 0.1) is 0 Å². The summed E-state index contributed by atoms with van der Waals surface area (Å²) in [5.41, 5.74) is 10.5. The van der Waals surface area contributed by atoms with E-state index in [1.165, 1.54) is 6.07 Å². The van der Waals surface area contributed by atoms with E-state index < -0.39 is 6.04 Å². The smallest absolute Gasteiger partial charge is 0.247 e. The molecule has 2 unspecified atom stereocenters. The van der Waals surface area contributed by atoms with Gasteiger partial charge in [0.15, 0.2) is 0 Å². The zero-order chi connectivity index (χ0) is 17.4. The topological polar surface area (TPSA) is 65.2 Å². The molecule has 0 spiro atoms. The van der Waals surface area contributed by atoms with Crippen LogP contribution in [0.5, 0.6) is 0 Å². The van der Waals surface area contributed by atoms with Crippen molar-refractivity contribution in [3.63, 3.8) is 0 Å². The second-order valence-corrected chi connectivity index (χ2v) is 6.65. The van der Waals surface area contributed by atoms with Gasteiger partial charge in [-0.25, -0.2) is 4.39 Å². The molecule has 1 amide bonds. The molecule has 0 aromatic heterocycles. The highest BCUT2D eigenvalue weighted by Gasteiger charge is 2.30. The summed E-state index contributed by atoms with van der Waals surface area (Å²) >= 11 is 0. The summed E-state index contributed by atoms with van der Waals surface area (Å²) in [7, 11) is 0. The molecular weight excluding hydrogens is 319 g/mol. The lowest BCUT2D eigenvalue weighted by Gasteiger charge is -2.15. The Morgan fingerprint density at radius 2 is 2.16 bits per heavy atom. The van der Waals surface area contributed by atoms with Crippen LogP contribution in [0.1, 0.15) is 29.2 Å². The van der Waals surface area contributed by atoms with Crippen molar-refractivity contribution < 1.29 is 9.18 Å². The molecule has 6 heteroatoms. The number of amides is 1. The third kappa shape index (κ3) is 3.10. The number of hydrazine groups is 1. The monoisotopic (exact) mass is 340 g/mol. The Labute approximate surface area is 146 Å². The molecule has 5 nitrogen and oxygen atoms in total. The fraction of sp³-hybridized carbons (Fsp3) is 0.316. The average Bonchev–Trinajstić information content (AvgIpc) is 3.28. The van der Waals surface area contributed by atoms with Crippen LogP contribution in [0.2, 0.25) is 0 Å². The molecule has 0 saturated carbocycles. The summed E-state index contributed by atoms with van der Waals surface area (Å²) in [6.45, 7) is 2.84. The molecule has 0 radical (unpaired) electrons. The first-order valence-corrected chi connectivity index (χ1v) is 8.55. The Hall–Kier alpha value is -2.44. The molecule has 130 valence electrons. The van der Waals surface area contributed by atoms with Gasteiger partial charge in [-0.05, 0) is 42.7 Å². The summed E-state index contributed by atoms with van der Waals surface area (Å²) < 4.78 is 14.0. The van der Waals surface area contributed by atoms with Crippen molar-refractivity contribution in [2.45, 2.75) is 31.8 Å². The Morgan fingerprint density at radius 3 is 2.92 bits per heavy atom. The van der Waals surface area contributed by atoms with Crippen molar-refractivity contribution in [3.8, 4) is 0 Å². The van der Waals surface area contributed by atoms with Gasteiger partial charge in [-0.3, -0.25) is 15.6 Å². The fourth-order valence-corrected chi connectivity index (χ4v) is 3.52. The van der Waals surface area contributed by atoms with Crippen LogP contribution < -0.4 is 21.5 Å². The lowest BCUT2D eigenvalue weighted by molar-refractivity contribution is -0.116. The second-order valence-electron chi connectivity index (χ2n) is 6.65. The van der Waals surface area contributed by atoms with Gasteiger partial charge in [0.25, 0.3) is 0 Å². The summed E-state index contributed by atoms with van der Waals surface area (Å²) in [5, 5.41) is 6.11. The van der Waals surface area contributed by atoms with Crippen molar-refractivity contribution >= 4 is 17.3 Å². The quantitative estimate of drug-likeness (QED) is 0.694. The van der Waals surface area contributed by atoms with Gasteiger partial charge in [-0.2, -0.15) is 0 Å². The second kappa shape index (κ2) is 6.46. The Morgan fingerprint density at radius 1 is 1.28 bits per heavy atom. The van der Waals surface area contributed by atoms with Crippen LogP contribution in [-0.4, -0.2) is 18.5 Å². The molecule has 25 heavy (non-hydrogen) atoms. The summed E-state index contributed by atoms with van der Waals surface area (Å²) in [6, 6.07) is 10.8. The number of halogens is 1. The van der Waals surface area contributed by atoms with E-state index in [-0.39, 0.29) is 17.8 Å². The van der Waals surface area contributed by atoms with E-state index in [2.05, 4.69) is 21.5 Å². The molecule has 2 aliphatic heterocycles. The number of carbonyl (C=O) groups excluding carboxylic acids is 1. The SMILES string of the molecule is Cc1ccc(F)c2c1NC(C(=O)Nc1cccc(C3CCNN3)c1)C2. The maximum absolute atomic E-state index is 14.0. The predicted octanol–water partition coefficient (Wildman–Crippen LogP) is 2.65. The van der Waals surface area contributed by atoms with Gasteiger partial charge in [0.1, 0.15) is 11.9 Å². The third-order valence-electron chi connectivity index (χ3n) is 4.90. The lowest BCUT2D eigenvalue weighted by Crippen LogP contribution is -2.33. The van der Waals surface area contributed by atoms with Gasteiger partial charge in [0, 0.05) is 35.9 Å². The molecular formula is C19H21FN4O. The number of fused-ring (bicyclic) bond motifs is 1. The van der Waals surface area contributed by atoms with E-state index in [0.29, 0.717) is 12.0 Å². The molecule has 2 heterocycles. The lowest BCUT2D eigenvalue weighted by atomic mass is 10.0. The summed E-state index contributed by atoms with van der Waals surface area (Å²) in [6.07, 6.45) is 1.37. The van der Waals surface area contributed by atoms with E-state index in [4.69, 9.17) is 0 Å². The first kappa shape index (κ1) is 16.1. The average molecular weight is 340 g/mol. The number of hydrogen-bond acceptors (Lipinski definition) is 4. The maximum Gasteiger partial charge on any atom is 0.247 e. The number of anilines is 2. The first-order chi connectivity index (χ1) is 12.1. The van der Waals surface area contributed by atoms with E-state index in [0.717, 1.165) is 35.5 Å². The zero-order valence-corrected chi connectivity index (χ0v) is 14.0. The number of nitrogens with one attached hydrogen (secondary N) is 4. The molecule has 2 atom stereocenters. The van der Waals surface area contributed by atoms with Crippen molar-refractivity contribution in [1.82, 2.24) is 10.9 Å². The van der Waals surface area contributed by atoms with Crippen LogP contribution >= 0.6 is 0 Å². The highest BCUT2D eigenvalue weighted by atomic mass is 19.1. The largest absolute Gasteiger partial charge is 0.373 e.